The number of aliphatic hydroxyl groups is 2. The van der Waals surface area contributed by atoms with Gasteiger partial charge in [-0.15, -0.1) is 0 Å². The average molecular weight is 999 g/mol. The Hall–Kier alpha value is -1.92. The molecule has 2 atom stereocenters. The van der Waals surface area contributed by atoms with Crippen LogP contribution in [-0.4, -0.2) is 47.4 Å². The van der Waals surface area contributed by atoms with Crippen molar-refractivity contribution in [2.24, 2.45) is 0 Å². The number of unbranched alkanes of at least 4 members (excludes halogenated alkanes) is 42. The molecule has 0 bridgehead atoms. The van der Waals surface area contributed by atoms with Crippen molar-refractivity contribution in [3.8, 4) is 0 Å². The first-order valence-electron chi connectivity index (χ1n) is 31.7. The molecule has 0 fully saturated rings. The van der Waals surface area contributed by atoms with E-state index in [0.717, 1.165) is 57.8 Å². The third kappa shape index (κ3) is 57.2. The summed E-state index contributed by atoms with van der Waals surface area (Å²) in [5.41, 5.74) is 0. The Kier molecular flexibility index (Phi) is 59.0. The van der Waals surface area contributed by atoms with Gasteiger partial charge in [0.2, 0.25) is 5.91 Å². The molecule has 3 N–H and O–H groups in total. The summed E-state index contributed by atoms with van der Waals surface area (Å²) in [6.45, 7) is 4.94. The van der Waals surface area contributed by atoms with E-state index in [2.05, 4.69) is 55.6 Å². The largest absolute Gasteiger partial charge is 0.466 e. The molecule has 0 heterocycles. The van der Waals surface area contributed by atoms with Crippen LogP contribution in [0.1, 0.15) is 341 Å². The molecule has 0 saturated heterocycles. The number of carbonyl (C=O) groups excluding carboxylic acids is 2. The molecule has 0 aromatic heterocycles. The van der Waals surface area contributed by atoms with Gasteiger partial charge >= 0.3 is 5.97 Å². The SMILES string of the molecule is CCCCC/C=C\CCCCCCCC(=O)OCCCCCCCCCCC/C=C\C/C=C\CCCCCCCCCC(=O)NC(CO)C(O)CCCCCCCCCCCCCCCCCCCCC. The lowest BCUT2D eigenvalue weighted by atomic mass is 10.0. The van der Waals surface area contributed by atoms with Crippen LogP contribution >= 0.6 is 0 Å². The average Bonchev–Trinajstić information content (AvgIpc) is 3.37. The molecule has 418 valence electrons. The van der Waals surface area contributed by atoms with Crippen LogP contribution in [0.5, 0.6) is 0 Å². The highest BCUT2D eigenvalue weighted by molar-refractivity contribution is 5.76. The Bertz CT molecular complexity index is 1150. The summed E-state index contributed by atoms with van der Waals surface area (Å²) in [5, 5.41) is 23.3. The molecule has 6 heteroatoms. The first-order chi connectivity index (χ1) is 35.0. The van der Waals surface area contributed by atoms with Crippen molar-refractivity contribution < 1.29 is 24.5 Å². The molecule has 0 aliphatic heterocycles. The van der Waals surface area contributed by atoms with Crippen LogP contribution in [0, 0.1) is 0 Å². The highest BCUT2D eigenvalue weighted by atomic mass is 16.5. The van der Waals surface area contributed by atoms with E-state index in [9.17, 15) is 19.8 Å². The summed E-state index contributed by atoms with van der Waals surface area (Å²) in [4.78, 5) is 24.5. The summed E-state index contributed by atoms with van der Waals surface area (Å²) < 4.78 is 5.46. The zero-order valence-corrected chi connectivity index (χ0v) is 47.7. The van der Waals surface area contributed by atoms with Crippen molar-refractivity contribution in [3.63, 3.8) is 0 Å². The summed E-state index contributed by atoms with van der Waals surface area (Å²) in [6, 6.07) is -0.550. The van der Waals surface area contributed by atoms with Gasteiger partial charge < -0.3 is 20.3 Å². The third-order valence-electron chi connectivity index (χ3n) is 14.7. The summed E-state index contributed by atoms with van der Waals surface area (Å²) in [5.74, 6) is -0.0459. The number of rotatable bonds is 59. The van der Waals surface area contributed by atoms with Gasteiger partial charge in [-0.1, -0.05) is 281 Å². The van der Waals surface area contributed by atoms with Crippen LogP contribution in [0.2, 0.25) is 0 Å². The quantitative estimate of drug-likeness (QED) is 0.0321. The number of amides is 1. The second-order valence-corrected chi connectivity index (χ2v) is 21.7. The van der Waals surface area contributed by atoms with E-state index in [1.54, 1.807) is 0 Å². The lowest BCUT2D eigenvalue weighted by molar-refractivity contribution is -0.143. The smallest absolute Gasteiger partial charge is 0.305 e. The molecule has 0 aliphatic carbocycles. The summed E-state index contributed by atoms with van der Waals surface area (Å²) in [7, 11) is 0. The second kappa shape index (κ2) is 60.6. The molecule has 1 amide bonds. The van der Waals surface area contributed by atoms with E-state index in [-0.39, 0.29) is 18.5 Å². The van der Waals surface area contributed by atoms with Crippen LogP contribution in [0.25, 0.3) is 0 Å². The molecule has 0 aromatic carbocycles. The van der Waals surface area contributed by atoms with Crippen LogP contribution < -0.4 is 5.32 Å². The first kappa shape index (κ1) is 69.1. The van der Waals surface area contributed by atoms with Crippen molar-refractivity contribution in [1.29, 1.82) is 0 Å². The van der Waals surface area contributed by atoms with Gasteiger partial charge in [0.15, 0.2) is 0 Å². The maximum absolute atomic E-state index is 12.5. The molecular weight excluding hydrogens is 875 g/mol. The number of esters is 1. The third-order valence-corrected chi connectivity index (χ3v) is 14.7. The number of hydrogen-bond acceptors (Lipinski definition) is 5. The summed E-state index contributed by atoms with van der Waals surface area (Å²) >= 11 is 0. The van der Waals surface area contributed by atoms with Crippen molar-refractivity contribution in [1.82, 2.24) is 5.32 Å². The van der Waals surface area contributed by atoms with Gasteiger partial charge in [-0.2, -0.15) is 0 Å². The maximum Gasteiger partial charge on any atom is 0.305 e. The highest BCUT2D eigenvalue weighted by Crippen LogP contribution is 2.17. The molecule has 0 radical (unpaired) electrons. The molecule has 0 aliphatic rings. The van der Waals surface area contributed by atoms with Crippen molar-refractivity contribution >= 4 is 11.9 Å². The number of ether oxygens (including phenoxy) is 1. The van der Waals surface area contributed by atoms with E-state index >= 15 is 0 Å². The second-order valence-electron chi connectivity index (χ2n) is 21.7. The number of aliphatic hydroxyl groups excluding tert-OH is 2. The number of carbonyl (C=O) groups is 2. The van der Waals surface area contributed by atoms with E-state index in [1.165, 1.54) is 250 Å². The Morgan fingerprint density at radius 1 is 0.394 bits per heavy atom. The lowest BCUT2D eigenvalue weighted by Gasteiger charge is -2.22. The van der Waals surface area contributed by atoms with Gasteiger partial charge in [0, 0.05) is 12.8 Å². The van der Waals surface area contributed by atoms with Gasteiger partial charge in [-0.25, -0.2) is 0 Å². The standard InChI is InChI=1S/C65H123NO5/c1-3-5-7-9-11-13-15-17-18-19-25-28-31-34-37-41-45-49-53-57-63(68)62(61-67)66-64(69)58-54-50-46-42-38-35-32-29-26-23-21-20-22-24-27-30-33-36-40-44-48-52-56-60-71-65(70)59-55-51-47-43-39-16-14-12-10-8-6-4-2/h12,14,20,22-23,26,62-63,67-68H,3-11,13,15-19,21,24-25,27-61H2,1-2H3,(H,66,69)/b14-12-,22-20-,26-23-. The Balaban J connectivity index is 3.46. The van der Waals surface area contributed by atoms with Crippen LogP contribution in [0.4, 0.5) is 0 Å². The Morgan fingerprint density at radius 3 is 1.11 bits per heavy atom. The van der Waals surface area contributed by atoms with Crippen molar-refractivity contribution in [2.45, 2.75) is 353 Å². The Morgan fingerprint density at radius 2 is 0.704 bits per heavy atom. The fraction of sp³-hybridized carbons (Fsp3) is 0.877. The van der Waals surface area contributed by atoms with Gasteiger partial charge in [0.05, 0.1) is 25.4 Å². The predicted octanol–water partition coefficient (Wildman–Crippen LogP) is 20.0. The topological polar surface area (TPSA) is 95.9 Å². The highest BCUT2D eigenvalue weighted by Gasteiger charge is 2.20. The van der Waals surface area contributed by atoms with Crippen LogP contribution in [-0.2, 0) is 14.3 Å². The molecule has 0 rings (SSSR count). The molecular formula is C65H123NO5. The van der Waals surface area contributed by atoms with Gasteiger partial charge in [-0.05, 0) is 83.5 Å². The van der Waals surface area contributed by atoms with Gasteiger partial charge in [0.1, 0.15) is 0 Å². The van der Waals surface area contributed by atoms with E-state index in [0.29, 0.717) is 25.9 Å². The number of allylic oxidation sites excluding steroid dienone is 6. The van der Waals surface area contributed by atoms with E-state index in [1.807, 2.05) is 0 Å². The number of hydrogen-bond donors (Lipinski definition) is 3. The fourth-order valence-corrected chi connectivity index (χ4v) is 9.78. The molecule has 0 aromatic rings. The van der Waals surface area contributed by atoms with Crippen LogP contribution in [0.15, 0.2) is 36.5 Å². The Labute approximate surface area is 443 Å². The zero-order chi connectivity index (χ0) is 51.4. The van der Waals surface area contributed by atoms with Gasteiger partial charge in [-0.3, -0.25) is 9.59 Å². The minimum Gasteiger partial charge on any atom is -0.466 e. The minimum absolute atomic E-state index is 0.00291. The predicted molar refractivity (Wildman–Crippen MR) is 310 cm³/mol. The molecule has 71 heavy (non-hydrogen) atoms. The van der Waals surface area contributed by atoms with E-state index < -0.39 is 12.1 Å². The minimum atomic E-state index is -0.672. The lowest BCUT2D eigenvalue weighted by Crippen LogP contribution is -2.45. The maximum atomic E-state index is 12.5. The van der Waals surface area contributed by atoms with Crippen molar-refractivity contribution in [2.75, 3.05) is 13.2 Å². The zero-order valence-electron chi connectivity index (χ0n) is 47.7. The van der Waals surface area contributed by atoms with E-state index in [4.69, 9.17) is 4.74 Å². The fourth-order valence-electron chi connectivity index (χ4n) is 9.78. The molecule has 0 saturated carbocycles. The molecule has 0 spiro atoms. The number of nitrogens with one attached hydrogen (secondary N) is 1. The summed E-state index contributed by atoms with van der Waals surface area (Å²) in [6.07, 6.45) is 75.8. The normalized spacial score (nSPS) is 12.8. The van der Waals surface area contributed by atoms with Crippen LogP contribution in [0.3, 0.4) is 0 Å². The van der Waals surface area contributed by atoms with Crippen molar-refractivity contribution in [3.05, 3.63) is 36.5 Å². The first-order valence-corrected chi connectivity index (χ1v) is 31.7. The molecule has 2 unspecified atom stereocenters. The monoisotopic (exact) mass is 998 g/mol. The van der Waals surface area contributed by atoms with Gasteiger partial charge in [0.25, 0.3) is 0 Å². The molecule has 6 nitrogen and oxygen atoms in total.